The van der Waals surface area contributed by atoms with Gasteiger partial charge in [0.1, 0.15) is 5.60 Å². The lowest BCUT2D eigenvalue weighted by Gasteiger charge is -2.19. The molecule has 0 aliphatic rings. The first-order chi connectivity index (χ1) is 11.3. The van der Waals surface area contributed by atoms with Crippen LogP contribution in [0.15, 0.2) is 24.3 Å². The Morgan fingerprint density at radius 1 is 1.08 bits per heavy atom. The molecule has 0 heterocycles. The number of ether oxygens (including phenoxy) is 2. The van der Waals surface area contributed by atoms with Gasteiger partial charge in [0.05, 0.1) is 6.61 Å². The standard InChI is InChI=1S/C18H28N2O4/c1-18(2,3)24-16(21)6-5-11-20-17(22)14-7-9-15(10-8-14)19-12-13-23-4/h7-10,19H,5-6,11-13H2,1-4H3,(H,20,22). The van der Waals surface area contributed by atoms with Crippen molar-refractivity contribution in [2.24, 2.45) is 0 Å². The zero-order valence-electron chi connectivity index (χ0n) is 15.0. The molecule has 0 bridgehead atoms. The monoisotopic (exact) mass is 336 g/mol. The molecule has 134 valence electrons. The van der Waals surface area contributed by atoms with Gasteiger partial charge in [-0.15, -0.1) is 0 Å². The first-order valence-electron chi connectivity index (χ1n) is 8.15. The summed E-state index contributed by atoms with van der Waals surface area (Å²) >= 11 is 0. The Balaban J connectivity index is 2.29. The van der Waals surface area contributed by atoms with E-state index in [1.165, 1.54) is 0 Å². The number of nitrogens with one attached hydrogen (secondary N) is 2. The van der Waals surface area contributed by atoms with Gasteiger partial charge in [-0.1, -0.05) is 0 Å². The Kier molecular flexibility index (Phi) is 8.26. The number of methoxy groups -OCH3 is 1. The summed E-state index contributed by atoms with van der Waals surface area (Å²) in [6, 6.07) is 7.23. The highest BCUT2D eigenvalue weighted by Crippen LogP contribution is 2.10. The van der Waals surface area contributed by atoms with Gasteiger partial charge in [-0.2, -0.15) is 0 Å². The van der Waals surface area contributed by atoms with Gasteiger partial charge in [0, 0.05) is 37.9 Å². The van der Waals surface area contributed by atoms with Crippen LogP contribution in [-0.2, 0) is 14.3 Å². The predicted octanol–water partition coefficient (Wildman–Crippen LogP) is 2.60. The minimum Gasteiger partial charge on any atom is -0.460 e. The lowest BCUT2D eigenvalue weighted by molar-refractivity contribution is -0.154. The second-order valence-electron chi connectivity index (χ2n) is 6.44. The van der Waals surface area contributed by atoms with Gasteiger partial charge in [0.25, 0.3) is 5.91 Å². The molecule has 6 nitrogen and oxygen atoms in total. The van der Waals surface area contributed by atoms with Crippen LogP contribution in [0, 0.1) is 0 Å². The topological polar surface area (TPSA) is 76.7 Å². The van der Waals surface area contributed by atoms with Crippen molar-refractivity contribution in [2.45, 2.75) is 39.2 Å². The molecule has 0 atom stereocenters. The van der Waals surface area contributed by atoms with Gasteiger partial charge in [0.2, 0.25) is 0 Å². The summed E-state index contributed by atoms with van der Waals surface area (Å²) in [7, 11) is 1.65. The maximum Gasteiger partial charge on any atom is 0.306 e. The first-order valence-corrected chi connectivity index (χ1v) is 8.15. The molecule has 0 fully saturated rings. The van der Waals surface area contributed by atoms with Gasteiger partial charge < -0.3 is 20.1 Å². The Morgan fingerprint density at radius 2 is 1.75 bits per heavy atom. The molecule has 1 aromatic rings. The summed E-state index contributed by atoms with van der Waals surface area (Å²) in [6.07, 6.45) is 0.844. The molecule has 0 aromatic heterocycles. The number of benzene rings is 1. The molecule has 0 aliphatic heterocycles. The van der Waals surface area contributed by atoms with Crippen molar-refractivity contribution in [3.05, 3.63) is 29.8 Å². The van der Waals surface area contributed by atoms with Crippen molar-refractivity contribution >= 4 is 17.6 Å². The van der Waals surface area contributed by atoms with Crippen molar-refractivity contribution in [1.29, 1.82) is 0 Å². The minimum absolute atomic E-state index is 0.150. The summed E-state index contributed by atoms with van der Waals surface area (Å²) in [5.74, 6) is -0.397. The number of carbonyl (C=O) groups is 2. The molecule has 0 unspecified atom stereocenters. The molecule has 0 radical (unpaired) electrons. The van der Waals surface area contributed by atoms with Crippen LogP contribution in [0.3, 0.4) is 0 Å². The Hall–Kier alpha value is -2.08. The largest absolute Gasteiger partial charge is 0.460 e. The summed E-state index contributed by atoms with van der Waals surface area (Å²) in [6.45, 7) is 7.28. The van der Waals surface area contributed by atoms with Crippen LogP contribution in [0.25, 0.3) is 0 Å². The zero-order chi connectivity index (χ0) is 18.0. The van der Waals surface area contributed by atoms with Gasteiger partial charge in [-0.3, -0.25) is 9.59 Å². The number of anilines is 1. The molecule has 6 heteroatoms. The summed E-state index contributed by atoms with van der Waals surface area (Å²) in [5.41, 5.74) is 1.05. The van der Waals surface area contributed by atoms with E-state index in [0.29, 0.717) is 38.1 Å². The Morgan fingerprint density at radius 3 is 2.33 bits per heavy atom. The van der Waals surface area contributed by atoms with Crippen LogP contribution in [0.1, 0.15) is 44.0 Å². The second-order valence-corrected chi connectivity index (χ2v) is 6.44. The van der Waals surface area contributed by atoms with Crippen molar-refractivity contribution in [1.82, 2.24) is 5.32 Å². The average Bonchev–Trinajstić information content (AvgIpc) is 2.50. The second kappa shape index (κ2) is 9.93. The molecular weight excluding hydrogens is 308 g/mol. The molecule has 24 heavy (non-hydrogen) atoms. The van der Waals surface area contributed by atoms with E-state index in [1.807, 2.05) is 32.9 Å². The highest BCUT2D eigenvalue weighted by molar-refractivity contribution is 5.94. The number of carbonyl (C=O) groups excluding carboxylic acids is 2. The fourth-order valence-corrected chi connectivity index (χ4v) is 1.97. The van der Waals surface area contributed by atoms with E-state index in [4.69, 9.17) is 9.47 Å². The highest BCUT2D eigenvalue weighted by atomic mass is 16.6. The van der Waals surface area contributed by atoms with Gasteiger partial charge >= 0.3 is 5.97 Å². The van der Waals surface area contributed by atoms with Gasteiger partial charge in [0.15, 0.2) is 0 Å². The molecule has 1 aromatic carbocycles. The number of esters is 1. The van der Waals surface area contributed by atoms with Crippen molar-refractivity contribution in [3.8, 4) is 0 Å². The molecule has 0 aliphatic carbocycles. The summed E-state index contributed by atoms with van der Waals surface area (Å²) in [5, 5.41) is 5.99. The Bertz CT molecular complexity index is 521. The quantitative estimate of drug-likeness (QED) is 0.535. The fourth-order valence-electron chi connectivity index (χ4n) is 1.97. The summed E-state index contributed by atoms with van der Waals surface area (Å²) < 4.78 is 10.2. The number of hydrogen-bond donors (Lipinski definition) is 2. The lowest BCUT2D eigenvalue weighted by Crippen LogP contribution is -2.27. The molecule has 1 amide bonds. The molecule has 0 saturated carbocycles. The van der Waals surface area contributed by atoms with Crippen molar-refractivity contribution in [3.63, 3.8) is 0 Å². The number of amides is 1. The Labute approximate surface area is 143 Å². The lowest BCUT2D eigenvalue weighted by atomic mass is 10.2. The third-order valence-corrected chi connectivity index (χ3v) is 3.05. The predicted molar refractivity (Wildman–Crippen MR) is 94.2 cm³/mol. The van der Waals surface area contributed by atoms with E-state index in [9.17, 15) is 9.59 Å². The van der Waals surface area contributed by atoms with Crippen LogP contribution in [0.2, 0.25) is 0 Å². The SMILES string of the molecule is COCCNc1ccc(C(=O)NCCCC(=O)OC(C)(C)C)cc1. The zero-order valence-corrected chi connectivity index (χ0v) is 15.0. The highest BCUT2D eigenvalue weighted by Gasteiger charge is 2.15. The molecular formula is C18H28N2O4. The van der Waals surface area contributed by atoms with Crippen molar-refractivity contribution < 1.29 is 19.1 Å². The maximum absolute atomic E-state index is 12.0. The van der Waals surface area contributed by atoms with Gasteiger partial charge in [-0.05, 0) is 51.5 Å². The smallest absolute Gasteiger partial charge is 0.306 e. The number of rotatable bonds is 9. The third-order valence-electron chi connectivity index (χ3n) is 3.05. The minimum atomic E-state index is -0.473. The molecule has 1 rings (SSSR count). The number of hydrogen-bond acceptors (Lipinski definition) is 5. The van der Waals surface area contributed by atoms with Crippen molar-refractivity contribution in [2.75, 3.05) is 32.1 Å². The van der Waals surface area contributed by atoms with Gasteiger partial charge in [-0.25, -0.2) is 0 Å². The van der Waals surface area contributed by atoms with Crippen LogP contribution >= 0.6 is 0 Å². The fraction of sp³-hybridized carbons (Fsp3) is 0.556. The molecule has 2 N–H and O–H groups in total. The van der Waals surface area contributed by atoms with E-state index in [2.05, 4.69) is 10.6 Å². The molecule has 0 saturated heterocycles. The van der Waals surface area contributed by atoms with Crippen LogP contribution < -0.4 is 10.6 Å². The maximum atomic E-state index is 12.0. The van der Waals surface area contributed by atoms with E-state index < -0.39 is 5.60 Å². The average molecular weight is 336 g/mol. The van der Waals surface area contributed by atoms with E-state index in [-0.39, 0.29) is 11.9 Å². The van der Waals surface area contributed by atoms with E-state index in [0.717, 1.165) is 5.69 Å². The van der Waals surface area contributed by atoms with E-state index in [1.54, 1.807) is 19.2 Å². The third kappa shape index (κ3) is 8.53. The van der Waals surface area contributed by atoms with Crippen LogP contribution in [0.4, 0.5) is 5.69 Å². The summed E-state index contributed by atoms with van der Waals surface area (Å²) in [4.78, 5) is 23.6. The normalized spacial score (nSPS) is 11.0. The molecule has 0 spiro atoms. The van der Waals surface area contributed by atoms with E-state index >= 15 is 0 Å². The van der Waals surface area contributed by atoms with Crippen LogP contribution in [-0.4, -0.2) is 44.3 Å². The first kappa shape index (κ1) is 20.0. The van der Waals surface area contributed by atoms with Crippen LogP contribution in [0.5, 0.6) is 0 Å².